The molecule has 0 heterocycles. The first kappa shape index (κ1) is 17.2. The summed E-state index contributed by atoms with van der Waals surface area (Å²) in [5.74, 6) is 0.0319. The Labute approximate surface area is 126 Å². The zero-order valence-corrected chi connectivity index (χ0v) is 12.8. The van der Waals surface area contributed by atoms with E-state index in [4.69, 9.17) is 5.73 Å². The van der Waals surface area contributed by atoms with Crippen LogP contribution in [0.1, 0.15) is 37.3 Å². The van der Waals surface area contributed by atoms with Crippen LogP contribution in [0.5, 0.6) is 0 Å². The fourth-order valence-electron chi connectivity index (χ4n) is 1.90. The van der Waals surface area contributed by atoms with E-state index in [0.29, 0.717) is 12.5 Å². The summed E-state index contributed by atoms with van der Waals surface area (Å²) in [6.45, 7) is 4.84. The van der Waals surface area contributed by atoms with Crippen molar-refractivity contribution in [2.45, 2.75) is 32.6 Å². The maximum absolute atomic E-state index is 11.4. The molecule has 0 saturated heterocycles. The first-order chi connectivity index (χ1) is 10.0. The van der Waals surface area contributed by atoms with Crippen molar-refractivity contribution >= 4 is 11.8 Å². The van der Waals surface area contributed by atoms with E-state index >= 15 is 0 Å². The molecule has 0 radical (unpaired) electrons. The van der Waals surface area contributed by atoms with Gasteiger partial charge in [-0.15, -0.1) is 0 Å². The highest BCUT2D eigenvalue weighted by atomic mass is 16.2. The second-order valence-corrected chi connectivity index (χ2v) is 5.33. The Morgan fingerprint density at radius 3 is 2.33 bits per heavy atom. The van der Waals surface area contributed by atoms with E-state index in [1.165, 1.54) is 11.1 Å². The molecule has 0 aromatic heterocycles. The molecule has 1 rings (SSSR count). The van der Waals surface area contributed by atoms with Crippen LogP contribution < -0.4 is 16.4 Å². The molecule has 0 spiro atoms. The van der Waals surface area contributed by atoms with Gasteiger partial charge in [-0.3, -0.25) is 9.59 Å². The van der Waals surface area contributed by atoms with Crippen LogP contribution in [0.2, 0.25) is 0 Å². The van der Waals surface area contributed by atoms with Crippen molar-refractivity contribution in [2.75, 3.05) is 19.6 Å². The van der Waals surface area contributed by atoms with Crippen LogP contribution >= 0.6 is 0 Å². The zero-order chi connectivity index (χ0) is 15.7. The van der Waals surface area contributed by atoms with Crippen LogP contribution in [-0.2, 0) is 16.0 Å². The number of hydrogen-bond acceptors (Lipinski definition) is 3. The van der Waals surface area contributed by atoms with E-state index in [1.54, 1.807) is 0 Å². The van der Waals surface area contributed by atoms with Gasteiger partial charge in [0.15, 0.2) is 0 Å². The number of aryl methyl sites for hydroxylation is 1. The van der Waals surface area contributed by atoms with E-state index in [9.17, 15) is 9.59 Å². The van der Waals surface area contributed by atoms with Gasteiger partial charge in [0.2, 0.25) is 11.8 Å². The van der Waals surface area contributed by atoms with Gasteiger partial charge in [-0.1, -0.05) is 38.1 Å². The number of nitrogens with two attached hydrogens (primary N) is 1. The SMILES string of the molecule is CC(C)c1ccc(CCCNC(=O)CNC(=O)CN)cc1. The summed E-state index contributed by atoms with van der Waals surface area (Å²) in [4.78, 5) is 22.3. The molecule has 0 aliphatic rings. The van der Waals surface area contributed by atoms with Crippen LogP contribution in [0.3, 0.4) is 0 Å². The molecule has 21 heavy (non-hydrogen) atoms. The van der Waals surface area contributed by atoms with Crippen molar-refractivity contribution in [1.29, 1.82) is 0 Å². The van der Waals surface area contributed by atoms with Crippen LogP contribution in [0.4, 0.5) is 0 Å². The van der Waals surface area contributed by atoms with Gasteiger partial charge in [-0.25, -0.2) is 0 Å². The van der Waals surface area contributed by atoms with Crippen molar-refractivity contribution in [3.63, 3.8) is 0 Å². The maximum Gasteiger partial charge on any atom is 0.239 e. The van der Waals surface area contributed by atoms with Gasteiger partial charge in [0.1, 0.15) is 0 Å². The van der Waals surface area contributed by atoms with Crippen LogP contribution in [0.25, 0.3) is 0 Å². The first-order valence-corrected chi connectivity index (χ1v) is 7.35. The quantitative estimate of drug-likeness (QED) is 0.623. The second kappa shape index (κ2) is 9.13. The standard InChI is InChI=1S/C16H25N3O2/c1-12(2)14-7-5-13(6-8-14)4-3-9-18-16(21)11-19-15(20)10-17/h5-8,12H,3-4,9-11,17H2,1-2H3,(H,18,21)(H,19,20). The van der Waals surface area contributed by atoms with Gasteiger partial charge in [-0.05, 0) is 29.9 Å². The first-order valence-electron chi connectivity index (χ1n) is 7.35. The smallest absolute Gasteiger partial charge is 0.239 e. The number of amides is 2. The lowest BCUT2D eigenvalue weighted by Gasteiger charge is -2.08. The minimum absolute atomic E-state index is 0.0148. The number of carbonyl (C=O) groups is 2. The zero-order valence-electron chi connectivity index (χ0n) is 12.8. The Balaban J connectivity index is 2.19. The monoisotopic (exact) mass is 291 g/mol. The normalized spacial score (nSPS) is 10.5. The molecule has 2 amide bonds. The number of hydrogen-bond donors (Lipinski definition) is 3. The fourth-order valence-corrected chi connectivity index (χ4v) is 1.90. The predicted molar refractivity (Wildman–Crippen MR) is 83.9 cm³/mol. The highest BCUT2D eigenvalue weighted by Crippen LogP contribution is 2.15. The highest BCUT2D eigenvalue weighted by molar-refractivity contribution is 5.85. The molecule has 0 saturated carbocycles. The third-order valence-corrected chi connectivity index (χ3v) is 3.24. The molecule has 0 aliphatic heterocycles. The van der Waals surface area contributed by atoms with Crippen molar-refractivity contribution in [3.05, 3.63) is 35.4 Å². The minimum atomic E-state index is -0.324. The van der Waals surface area contributed by atoms with E-state index < -0.39 is 0 Å². The van der Waals surface area contributed by atoms with E-state index in [0.717, 1.165) is 12.8 Å². The summed E-state index contributed by atoms with van der Waals surface area (Å²) >= 11 is 0. The van der Waals surface area contributed by atoms with Gasteiger partial charge in [0, 0.05) is 6.54 Å². The Kier molecular flexibility index (Phi) is 7.46. The van der Waals surface area contributed by atoms with Crippen molar-refractivity contribution in [1.82, 2.24) is 10.6 Å². The average Bonchev–Trinajstić information content (AvgIpc) is 2.49. The fraction of sp³-hybridized carbons (Fsp3) is 0.500. The predicted octanol–water partition coefficient (Wildman–Crippen LogP) is 0.934. The molecular weight excluding hydrogens is 266 g/mol. The molecule has 116 valence electrons. The highest BCUT2D eigenvalue weighted by Gasteiger charge is 2.03. The van der Waals surface area contributed by atoms with Crippen LogP contribution in [0.15, 0.2) is 24.3 Å². The number of rotatable bonds is 8. The minimum Gasteiger partial charge on any atom is -0.355 e. The topological polar surface area (TPSA) is 84.2 Å². The Bertz CT molecular complexity index is 455. The summed E-state index contributed by atoms with van der Waals surface area (Å²) in [7, 11) is 0. The lowest BCUT2D eigenvalue weighted by molar-refractivity contribution is -0.125. The Morgan fingerprint density at radius 2 is 1.76 bits per heavy atom. The molecule has 5 heteroatoms. The molecule has 1 aromatic carbocycles. The molecule has 0 bridgehead atoms. The number of nitrogens with one attached hydrogen (secondary N) is 2. The van der Waals surface area contributed by atoms with Gasteiger partial charge in [-0.2, -0.15) is 0 Å². The lowest BCUT2D eigenvalue weighted by atomic mass is 10.0. The van der Waals surface area contributed by atoms with Crippen molar-refractivity contribution in [2.24, 2.45) is 5.73 Å². The summed E-state index contributed by atoms with van der Waals surface area (Å²) in [6.07, 6.45) is 1.80. The third-order valence-electron chi connectivity index (χ3n) is 3.24. The molecule has 5 nitrogen and oxygen atoms in total. The van der Waals surface area contributed by atoms with Gasteiger partial charge in [0.25, 0.3) is 0 Å². The van der Waals surface area contributed by atoms with E-state index in [1.807, 2.05) is 0 Å². The third kappa shape index (κ3) is 6.90. The molecule has 4 N–H and O–H groups in total. The summed E-state index contributed by atoms with van der Waals surface area (Å²) in [6, 6.07) is 8.58. The average molecular weight is 291 g/mol. The van der Waals surface area contributed by atoms with Gasteiger partial charge < -0.3 is 16.4 Å². The number of carbonyl (C=O) groups excluding carboxylic acids is 2. The van der Waals surface area contributed by atoms with Crippen LogP contribution in [-0.4, -0.2) is 31.4 Å². The summed E-state index contributed by atoms with van der Waals surface area (Å²) in [5.41, 5.74) is 7.73. The molecule has 0 unspecified atom stereocenters. The molecule has 0 atom stereocenters. The Morgan fingerprint density at radius 1 is 1.10 bits per heavy atom. The van der Waals surface area contributed by atoms with Gasteiger partial charge >= 0.3 is 0 Å². The maximum atomic E-state index is 11.4. The molecule has 0 aliphatic carbocycles. The largest absolute Gasteiger partial charge is 0.355 e. The summed E-state index contributed by atoms with van der Waals surface area (Å²) in [5, 5.41) is 5.20. The van der Waals surface area contributed by atoms with Crippen LogP contribution in [0, 0.1) is 0 Å². The molecule has 1 aromatic rings. The second-order valence-electron chi connectivity index (χ2n) is 5.33. The van der Waals surface area contributed by atoms with E-state index in [2.05, 4.69) is 48.7 Å². The van der Waals surface area contributed by atoms with Gasteiger partial charge in [0.05, 0.1) is 13.1 Å². The van der Waals surface area contributed by atoms with Crippen molar-refractivity contribution in [3.8, 4) is 0 Å². The van der Waals surface area contributed by atoms with Crippen molar-refractivity contribution < 1.29 is 9.59 Å². The molecular formula is C16H25N3O2. The Hall–Kier alpha value is -1.88. The molecule has 0 fully saturated rings. The lowest BCUT2D eigenvalue weighted by Crippen LogP contribution is -2.39. The summed E-state index contributed by atoms with van der Waals surface area (Å²) < 4.78 is 0. The number of benzene rings is 1. The van der Waals surface area contributed by atoms with E-state index in [-0.39, 0.29) is 24.9 Å².